The van der Waals surface area contributed by atoms with Crippen molar-refractivity contribution in [3.8, 4) is 11.1 Å². The van der Waals surface area contributed by atoms with Gasteiger partial charge in [0.25, 0.3) is 5.91 Å². The van der Waals surface area contributed by atoms with E-state index in [1.54, 1.807) is 22.9 Å². The van der Waals surface area contributed by atoms with Gasteiger partial charge >= 0.3 is 7.12 Å². The molecule has 1 saturated heterocycles. The second kappa shape index (κ2) is 9.19. The van der Waals surface area contributed by atoms with E-state index in [4.69, 9.17) is 32.5 Å². The average Bonchev–Trinajstić information content (AvgIpc) is 3.34. The molecule has 7 nitrogen and oxygen atoms in total. The monoisotopic (exact) mass is 527 g/mol. The summed E-state index contributed by atoms with van der Waals surface area (Å²) in [5.41, 5.74) is 2.39. The van der Waals surface area contributed by atoms with Crippen LogP contribution in [-0.4, -0.2) is 39.1 Å². The molecule has 36 heavy (non-hydrogen) atoms. The molecule has 0 bridgehead atoms. The molecule has 0 radical (unpaired) electrons. The first-order valence-electron chi connectivity index (χ1n) is 12.0. The van der Waals surface area contributed by atoms with Gasteiger partial charge in [0.05, 0.1) is 33.7 Å². The quantitative estimate of drug-likeness (QED) is 0.453. The third kappa shape index (κ3) is 4.35. The molecular formula is C26H28BCl2N3O4. The van der Waals surface area contributed by atoms with E-state index >= 15 is 0 Å². The van der Waals surface area contributed by atoms with Gasteiger partial charge in [-0.25, -0.2) is 0 Å². The number of hydrogen-bond acceptors (Lipinski definition) is 5. The van der Waals surface area contributed by atoms with Crippen LogP contribution >= 0.6 is 23.2 Å². The third-order valence-corrected chi connectivity index (χ3v) is 8.13. The standard InChI is InChI=1S/C26H28BCl2N3O4/c1-25(2)26(3,4)36-27(35-25)17-10-5-8-15(22(17)28)16-9-6-11-18(23(16)29)30-24(34)19-14-20-21(33)12-7-13-32(20)31-19/h5-6,8-11,14,21,33H,7,12-13H2,1-4H3,(H,30,34). The summed E-state index contributed by atoms with van der Waals surface area (Å²) in [6, 6.07) is 12.6. The van der Waals surface area contributed by atoms with E-state index < -0.39 is 30.3 Å². The van der Waals surface area contributed by atoms with Gasteiger partial charge < -0.3 is 19.7 Å². The van der Waals surface area contributed by atoms with Crippen LogP contribution in [0.4, 0.5) is 5.69 Å². The first-order valence-corrected chi connectivity index (χ1v) is 12.7. The minimum atomic E-state index is -0.619. The molecule has 188 valence electrons. The van der Waals surface area contributed by atoms with Crippen LogP contribution in [-0.2, 0) is 15.9 Å². The summed E-state index contributed by atoms with van der Waals surface area (Å²) in [5, 5.41) is 18.2. The van der Waals surface area contributed by atoms with Gasteiger partial charge in [-0.2, -0.15) is 5.10 Å². The third-order valence-electron chi connectivity index (χ3n) is 7.31. The number of amides is 1. The fourth-order valence-electron chi connectivity index (χ4n) is 4.50. The Morgan fingerprint density at radius 2 is 1.72 bits per heavy atom. The Kier molecular flexibility index (Phi) is 6.46. The summed E-state index contributed by atoms with van der Waals surface area (Å²) in [4.78, 5) is 13.0. The summed E-state index contributed by atoms with van der Waals surface area (Å²) >= 11 is 13.6. The fourth-order valence-corrected chi connectivity index (χ4v) is 5.10. The zero-order valence-corrected chi connectivity index (χ0v) is 22.2. The van der Waals surface area contributed by atoms with Crippen LogP contribution in [0.2, 0.25) is 10.0 Å². The highest BCUT2D eigenvalue weighted by Crippen LogP contribution is 2.40. The minimum absolute atomic E-state index is 0.230. The lowest BCUT2D eigenvalue weighted by atomic mass is 9.77. The number of fused-ring (bicyclic) bond motifs is 1. The molecule has 2 aliphatic heterocycles. The zero-order valence-electron chi connectivity index (χ0n) is 20.6. The van der Waals surface area contributed by atoms with Crippen LogP contribution in [0, 0.1) is 0 Å². The highest BCUT2D eigenvalue weighted by molar-refractivity contribution is 6.66. The molecule has 2 N–H and O–H groups in total. The van der Waals surface area contributed by atoms with Crippen LogP contribution in [0.3, 0.4) is 0 Å². The van der Waals surface area contributed by atoms with Crippen LogP contribution < -0.4 is 10.8 Å². The maximum Gasteiger partial charge on any atom is 0.496 e. The number of nitrogens with one attached hydrogen (secondary N) is 1. The molecule has 1 fully saturated rings. The van der Waals surface area contributed by atoms with Gasteiger partial charge in [-0.05, 0) is 52.7 Å². The minimum Gasteiger partial charge on any atom is -0.399 e. The number of aryl methyl sites for hydroxylation is 1. The number of hydrogen-bond donors (Lipinski definition) is 2. The molecule has 1 amide bonds. The van der Waals surface area contributed by atoms with Gasteiger partial charge in [0, 0.05) is 28.2 Å². The summed E-state index contributed by atoms with van der Waals surface area (Å²) < 4.78 is 14.1. The lowest BCUT2D eigenvalue weighted by molar-refractivity contribution is 0.00578. The summed E-state index contributed by atoms with van der Waals surface area (Å²) in [5.74, 6) is -0.403. The van der Waals surface area contributed by atoms with Gasteiger partial charge in [0.1, 0.15) is 0 Å². The number of carbonyl (C=O) groups is 1. The first-order chi connectivity index (χ1) is 17.0. The lowest BCUT2D eigenvalue weighted by Gasteiger charge is -2.32. The Balaban J connectivity index is 1.43. The van der Waals surface area contributed by atoms with Crippen molar-refractivity contribution < 1.29 is 19.2 Å². The van der Waals surface area contributed by atoms with E-state index in [1.165, 1.54) is 0 Å². The number of nitrogens with zero attached hydrogens (tertiary/aromatic N) is 2. The van der Waals surface area contributed by atoms with E-state index in [0.29, 0.717) is 51.0 Å². The Bertz CT molecular complexity index is 1320. The van der Waals surface area contributed by atoms with Crippen LogP contribution in [0.15, 0.2) is 42.5 Å². The van der Waals surface area contributed by atoms with E-state index in [0.717, 1.165) is 6.42 Å². The van der Waals surface area contributed by atoms with Crippen molar-refractivity contribution in [1.82, 2.24) is 9.78 Å². The molecule has 2 aromatic carbocycles. The number of carbonyl (C=O) groups excluding carboxylic acids is 1. The van der Waals surface area contributed by atoms with Crippen molar-refractivity contribution in [2.75, 3.05) is 5.32 Å². The second-order valence-corrected chi connectivity index (χ2v) is 11.0. The van der Waals surface area contributed by atoms with Gasteiger partial charge in [-0.15, -0.1) is 0 Å². The Labute approximate surface area is 220 Å². The number of benzene rings is 2. The molecule has 1 aromatic heterocycles. The first kappa shape index (κ1) is 25.3. The highest BCUT2D eigenvalue weighted by Gasteiger charge is 2.52. The number of rotatable bonds is 4. The molecule has 2 aliphatic rings. The summed E-state index contributed by atoms with van der Waals surface area (Å²) in [6.07, 6.45) is 0.862. The maximum atomic E-state index is 13.0. The molecule has 3 heterocycles. The lowest BCUT2D eigenvalue weighted by Crippen LogP contribution is -2.41. The van der Waals surface area contributed by atoms with Crippen LogP contribution in [0.1, 0.15) is 62.8 Å². The summed E-state index contributed by atoms with van der Waals surface area (Å²) in [6.45, 7) is 8.64. The van der Waals surface area contributed by atoms with Crippen molar-refractivity contribution >= 4 is 47.4 Å². The number of aliphatic hydroxyl groups is 1. The molecule has 5 rings (SSSR count). The predicted molar refractivity (Wildman–Crippen MR) is 142 cm³/mol. The number of aromatic nitrogens is 2. The van der Waals surface area contributed by atoms with Gasteiger partial charge in [0.2, 0.25) is 0 Å². The van der Waals surface area contributed by atoms with Crippen molar-refractivity contribution in [2.45, 2.75) is 64.4 Å². The Morgan fingerprint density at radius 1 is 1.08 bits per heavy atom. The van der Waals surface area contributed by atoms with Crippen molar-refractivity contribution in [3.05, 3.63) is 63.9 Å². The van der Waals surface area contributed by atoms with Crippen molar-refractivity contribution in [3.63, 3.8) is 0 Å². The van der Waals surface area contributed by atoms with Gasteiger partial charge in [-0.3, -0.25) is 9.48 Å². The molecule has 1 atom stereocenters. The van der Waals surface area contributed by atoms with Crippen LogP contribution in [0.5, 0.6) is 0 Å². The normalized spacial score (nSPS) is 20.3. The molecule has 0 saturated carbocycles. The van der Waals surface area contributed by atoms with Gasteiger partial charge in [-0.1, -0.05) is 53.5 Å². The van der Waals surface area contributed by atoms with Crippen molar-refractivity contribution in [1.29, 1.82) is 0 Å². The van der Waals surface area contributed by atoms with Crippen molar-refractivity contribution in [2.24, 2.45) is 0 Å². The van der Waals surface area contributed by atoms with Gasteiger partial charge in [0.15, 0.2) is 5.69 Å². The highest BCUT2D eigenvalue weighted by atomic mass is 35.5. The predicted octanol–water partition coefficient (Wildman–Crippen LogP) is 5.24. The maximum absolute atomic E-state index is 13.0. The largest absolute Gasteiger partial charge is 0.496 e. The van der Waals surface area contributed by atoms with E-state index in [-0.39, 0.29) is 5.69 Å². The van der Waals surface area contributed by atoms with Crippen LogP contribution in [0.25, 0.3) is 11.1 Å². The number of aliphatic hydroxyl groups excluding tert-OH is 1. The topological polar surface area (TPSA) is 85.6 Å². The van der Waals surface area contributed by atoms with E-state index in [2.05, 4.69) is 10.4 Å². The van der Waals surface area contributed by atoms with E-state index in [1.807, 2.05) is 52.0 Å². The summed E-state index contributed by atoms with van der Waals surface area (Å²) in [7, 11) is -0.619. The second-order valence-electron chi connectivity index (χ2n) is 10.3. The molecule has 1 unspecified atom stereocenters. The Hall–Kier alpha value is -2.36. The molecule has 0 aliphatic carbocycles. The smallest absolute Gasteiger partial charge is 0.399 e. The SMILES string of the molecule is CC1(C)OB(c2cccc(-c3cccc(NC(=O)c4cc5n(n4)CCCC5O)c3Cl)c2Cl)OC1(C)C. The molecule has 10 heteroatoms. The zero-order chi connectivity index (χ0) is 25.8. The molecule has 3 aromatic rings. The Morgan fingerprint density at radius 3 is 2.39 bits per heavy atom. The molecular weight excluding hydrogens is 500 g/mol. The molecule has 0 spiro atoms. The fraction of sp³-hybridized carbons (Fsp3) is 0.385. The number of halogens is 2. The average molecular weight is 528 g/mol. The number of anilines is 1. The van der Waals surface area contributed by atoms with E-state index in [9.17, 15) is 9.90 Å².